The Morgan fingerprint density at radius 3 is 2.81 bits per heavy atom. The quantitative estimate of drug-likeness (QED) is 0.836. The van der Waals surface area contributed by atoms with Gasteiger partial charge in [-0.15, -0.1) is 11.3 Å². The second-order valence-electron chi connectivity index (χ2n) is 4.16. The number of carbonyl (C=O) groups excluding carboxylic acids is 2. The van der Waals surface area contributed by atoms with Crippen molar-refractivity contribution in [2.75, 3.05) is 11.9 Å². The Bertz CT molecular complexity index is 667. The fourth-order valence-corrected chi connectivity index (χ4v) is 2.83. The monoisotopic (exact) mass is 368 g/mol. The van der Waals surface area contributed by atoms with Gasteiger partial charge in [0.2, 0.25) is 0 Å². The summed E-state index contributed by atoms with van der Waals surface area (Å²) in [7, 11) is 0. The van der Waals surface area contributed by atoms with Crippen molar-refractivity contribution in [3.63, 3.8) is 0 Å². The molecule has 2 aromatic heterocycles. The molecule has 0 bridgehead atoms. The Morgan fingerprint density at radius 1 is 1.43 bits per heavy atom. The highest BCUT2D eigenvalue weighted by atomic mass is 79.9. The van der Waals surface area contributed by atoms with E-state index < -0.39 is 0 Å². The summed E-state index contributed by atoms with van der Waals surface area (Å²) in [6, 6.07) is 5.10. The Labute approximate surface area is 134 Å². The van der Waals surface area contributed by atoms with Crippen molar-refractivity contribution in [2.24, 2.45) is 0 Å². The van der Waals surface area contributed by atoms with Crippen molar-refractivity contribution in [3.05, 3.63) is 45.0 Å². The van der Waals surface area contributed by atoms with Crippen LogP contribution >= 0.6 is 27.3 Å². The van der Waals surface area contributed by atoms with Crippen LogP contribution in [0.15, 0.2) is 28.9 Å². The highest BCUT2D eigenvalue weighted by Crippen LogP contribution is 2.27. The number of rotatable bonds is 4. The zero-order chi connectivity index (χ0) is 15.4. The molecule has 5 nitrogen and oxygen atoms in total. The molecule has 0 spiro atoms. The van der Waals surface area contributed by atoms with E-state index in [2.05, 4.69) is 26.2 Å². The number of amides is 1. The lowest BCUT2D eigenvalue weighted by atomic mass is 10.3. The van der Waals surface area contributed by atoms with Crippen LogP contribution in [0.4, 0.5) is 5.00 Å². The van der Waals surface area contributed by atoms with Crippen LogP contribution in [0.2, 0.25) is 0 Å². The van der Waals surface area contributed by atoms with Gasteiger partial charge in [0, 0.05) is 10.7 Å². The van der Waals surface area contributed by atoms with E-state index in [9.17, 15) is 9.59 Å². The Hall–Kier alpha value is -1.73. The standard InChI is InChI=1S/C14H13BrN2O3S/c1-3-20-14(19)12-8(2)6-11(21-12)17-13(18)10-5-4-9(15)7-16-10/h4-7H,3H2,1-2H3,(H,17,18). The molecule has 2 heterocycles. The van der Waals surface area contributed by atoms with Crippen LogP contribution in [-0.2, 0) is 4.74 Å². The maximum atomic E-state index is 12.0. The van der Waals surface area contributed by atoms with E-state index in [1.54, 1.807) is 38.2 Å². The summed E-state index contributed by atoms with van der Waals surface area (Å²) < 4.78 is 5.77. The van der Waals surface area contributed by atoms with Crippen LogP contribution in [0.1, 0.15) is 32.6 Å². The van der Waals surface area contributed by atoms with E-state index in [0.717, 1.165) is 10.0 Å². The van der Waals surface area contributed by atoms with E-state index in [1.807, 2.05) is 0 Å². The summed E-state index contributed by atoms with van der Waals surface area (Å²) in [5, 5.41) is 3.32. The number of pyridine rings is 1. The van der Waals surface area contributed by atoms with E-state index in [1.165, 1.54) is 11.3 Å². The topological polar surface area (TPSA) is 68.3 Å². The fourth-order valence-electron chi connectivity index (χ4n) is 1.63. The summed E-state index contributed by atoms with van der Waals surface area (Å²) >= 11 is 4.45. The number of aromatic nitrogens is 1. The number of ether oxygens (including phenoxy) is 1. The molecule has 2 rings (SSSR count). The molecule has 1 N–H and O–H groups in total. The van der Waals surface area contributed by atoms with Gasteiger partial charge in [0.1, 0.15) is 10.6 Å². The molecule has 1 amide bonds. The number of esters is 1. The summed E-state index contributed by atoms with van der Waals surface area (Å²) in [5.41, 5.74) is 1.08. The van der Waals surface area contributed by atoms with Crippen LogP contribution in [0.3, 0.4) is 0 Å². The van der Waals surface area contributed by atoms with Gasteiger partial charge in [-0.3, -0.25) is 4.79 Å². The summed E-state index contributed by atoms with van der Waals surface area (Å²) in [6.07, 6.45) is 1.55. The highest BCUT2D eigenvalue weighted by molar-refractivity contribution is 9.10. The number of halogens is 1. The van der Waals surface area contributed by atoms with Gasteiger partial charge in [-0.05, 0) is 53.5 Å². The molecule has 0 radical (unpaired) electrons. The third-order valence-electron chi connectivity index (χ3n) is 2.58. The Kier molecular flexibility index (Phi) is 5.08. The zero-order valence-corrected chi connectivity index (χ0v) is 13.9. The van der Waals surface area contributed by atoms with Gasteiger partial charge < -0.3 is 10.1 Å². The lowest BCUT2D eigenvalue weighted by molar-refractivity contribution is 0.0531. The van der Waals surface area contributed by atoms with Crippen molar-refractivity contribution in [2.45, 2.75) is 13.8 Å². The first-order valence-corrected chi connectivity index (χ1v) is 7.82. The summed E-state index contributed by atoms with van der Waals surface area (Å²) in [4.78, 5) is 28.3. The van der Waals surface area contributed by atoms with E-state index in [-0.39, 0.29) is 11.9 Å². The number of carbonyl (C=O) groups is 2. The predicted octanol–water partition coefficient (Wildman–Crippen LogP) is 3.64. The van der Waals surface area contributed by atoms with E-state index >= 15 is 0 Å². The highest BCUT2D eigenvalue weighted by Gasteiger charge is 2.16. The van der Waals surface area contributed by atoms with Crippen LogP contribution in [0.5, 0.6) is 0 Å². The van der Waals surface area contributed by atoms with Crippen LogP contribution < -0.4 is 5.32 Å². The normalized spacial score (nSPS) is 10.2. The average Bonchev–Trinajstić information content (AvgIpc) is 2.80. The SMILES string of the molecule is CCOC(=O)c1sc(NC(=O)c2ccc(Br)cn2)cc1C. The molecule has 2 aromatic rings. The number of anilines is 1. The molecule has 110 valence electrons. The first kappa shape index (κ1) is 15.7. The van der Waals surface area contributed by atoms with Crippen LogP contribution in [0.25, 0.3) is 0 Å². The molecule has 0 fully saturated rings. The zero-order valence-electron chi connectivity index (χ0n) is 11.5. The van der Waals surface area contributed by atoms with Crippen molar-refractivity contribution in [1.29, 1.82) is 0 Å². The summed E-state index contributed by atoms with van der Waals surface area (Å²) in [6.45, 7) is 3.87. The molecule has 21 heavy (non-hydrogen) atoms. The van der Waals surface area contributed by atoms with Gasteiger partial charge in [0.05, 0.1) is 11.6 Å². The van der Waals surface area contributed by atoms with Crippen molar-refractivity contribution in [3.8, 4) is 0 Å². The smallest absolute Gasteiger partial charge is 0.348 e. The van der Waals surface area contributed by atoms with Gasteiger partial charge >= 0.3 is 5.97 Å². The van der Waals surface area contributed by atoms with E-state index in [4.69, 9.17) is 4.74 Å². The van der Waals surface area contributed by atoms with Crippen LogP contribution in [-0.4, -0.2) is 23.5 Å². The molecular formula is C14H13BrN2O3S. The van der Waals surface area contributed by atoms with Gasteiger partial charge in [-0.1, -0.05) is 0 Å². The van der Waals surface area contributed by atoms with Gasteiger partial charge in [0.25, 0.3) is 5.91 Å². The number of nitrogens with zero attached hydrogens (tertiary/aromatic N) is 1. The molecule has 0 aliphatic heterocycles. The van der Waals surface area contributed by atoms with Crippen LogP contribution in [0, 0.1) is 6.92 Å². The lowest BCUT2D eigenvalue weighted by Gasteiger charge is -2.01. The van der Waals surface area contributed by atoms with Gasteiger partial charge in [0.15, 0.2) is 0 Å². The molecule has 0 saturated heterocycles. The minimum Gasteiger partial charge on any atom is -0.462 e. The molecule has 7 heteroatoms. The van der Waals surface area contributed by atoms with E-state index in [0.29, 0.717) is 22.2 Å². The first-order valence-electron chi connectivity index (χ1n) is 6.21. The van der Waals surface area contributed by atoms with Crippen molar-refractivity contribution < 1.29 is 14.3 Å². The molecular weight excluding hydrogens is 356 g/mol. The minimum absolute atomic E-state index is 0.307. The third-order valence-corrected chi connectivity index (χ3v) is 4.18. The molecule has 0 atom stereocenters. The van der Waals surface area contributed by atoms with Crippen molar-refractivity contribution in [1.82, 2.24) is 4.98 Å². The third kappa shape index (κ3) is 3.89. The maximum absolute atomic E-state index is 12.0. The number of nitrogens with one attached hydrogen (secondary N) is 1. The molecule has 0 saturated carbocycles. The van der Waals surface area contributed by atoms with Gasteiger partial charge in [-0.25, -0.2) is 9.78 Å². The number of hydrogen-bond donors (Lipinski definition) is 1. The molecule has 0 unspecified atom stereocenters. The Morgan fingerprint density at radius 2 is 2.19 bits per heavy atom. The number of hydrogen-bond acceptors (Lipinski definition) is 5. The second kappa shape index (κ2) is 6.82. The molecule has 0 aromatic carbocycles. The summed E-state index contributed by atoms with van der Waals surface area (Å²) in [5.74, 6) is -0.693. The fraction of sp³-hybridized carbons (Fsp3) is 0.214. The van der Waals surface area contributed by atoms with Crippen molar-refractivity contribution >= 4 is 44.1 Å². The maximum Gasteiger partial charge on any atom is 0.348 e. The number of aryl methyl sites for hydroxylation is 1. The Balaban J connectivity index is 2.13. The molecule has 0 aliphatic rings. The largest absolute Gasteiger partial charge is 0.462 e. The predicted molar refractivity (Wildman–Crippen MR) is 84.9 cm³/mol. The minimum atomic E-state index is -0.373. The lowest BCUT2D eigenvalue weighted by Crippen LogP contribution is -2.12. The molecule has 0 aliphatic carbocycles. The number of thiophene rings is 1. The first-order chi connectivity index (χ1) is 10.0. The van der Waals surface area contributed by atoms with Gasteiger partial charge in [-0.2, -0.15) is 0 Å². The second-order valence-corrected chi connectivity index (χ2v) is 6.13. The average molecular weight is 369 g/mol.